The van der Waals surface area contributed by atoms with E-state index in [1.165, 1.54) is 12.1 Å². The molecule has 3 nitrogen and oxygen atoms in total. The predicted molar refractivity (Wildman–Crippen MR) is 63.7 cm³/mol. The molecule has 0 spiro atoms. The Morgan fingerprint density at radius 2 is 1.89 bits per heavy atom. The van der Waals surface area contributed by atoms with Gasteiger partial charge < -0.3 is 15.2 Å². The molecular weight excluding hydrogens is 259 g/mol. The van der Waals surface area contributed by atoms with Gasteiger partial charge in [0.1, 0.15) is 5.75 Å². The maximum atomic E-state index is 12.4. The lowest BCUT2D eigenvalue weighted by molar-refractivity contribution is -0.275. The monoisotopic (exact) mass is 275 g/mol. The standard InChI is InChI=1S/C13H16F3NO2/c14-13(15,16)19-11-5-2-1-4-10(11)12(17)6-3-8-18-9-7-12/h1-2,4-5H,3,6-9,17H2. The van der Waals surface area contributed by atoms with Crippen molar-refractivity contribution in [3.05, 3.63) is 29.8 Å². The number of hydrogen-bond donors (Lipinski definition) is 1. The molecule has 19 heavy (non-hydrogen) atoms. The van der Waals surface area contributed by atoms with Crippen molar-refractivity contribution in [2.24, 2.45) is 5.73 Å². The first kappa shape index (κ1) is 14.1. The SMILES string of the molecule is NC1(c2ccccc2OC(F)(F)F)CCCOCC1. The van der Waals surface area contributed by atoms with Crippen LogP contribution in [-0.4, -0.2) is 19.6 Å². The third-order valence-corrected chi connectivity index (χ3v) is 3.25. The molecule has 0 aliphatic carbocycles. The van der Waals surface area contributed by atoms with Gasteiger partial charge in [0.15, 0.2) is 0 Å². The molecule has 1 aromatic carbocycles. The van der Waals surface area contributed by atoms with Crippen LogP contribution in [0, 0.1) is 0 Å². The molecule has 2 rings (SSSR count). The predicted octanol–water partition coefficient (Wildman–Crippen LogP) is 2.94. The van der Waals surface area contributed by atoms with Crippen LogP contribution in [0.5, 0.6) is 5.75 Å². The summed E-state index contributed by atoms with van der Waals surface area (Å²) >= 11 is 0. The fourth-order valence-electron chi connectivity index (χ4n) is 2.33. The molecule has 106 valence electrons. The fourth-order valence-corrected chi connectivity index (χ4v) is 2.33. The molecule has 0 saturated carbocycles. The van der Waals surface area contributed by atoms with Crippen LogP contribution in [0.1, 0.15) is 24.8 Å². The highest BCUT2D eigenvalue weighted by Gasteiger charge is 2.36. The molecule has 0 radical (unpaired) electrons. The number of nitrogens with two attached hydrogens (primary N) is 1. The van der Waals surface area contributed by atoms with E-state index in [1.807, 2.05) is 0 Å². The van der Waals surface area contributed by atoms with Gasteiger partial charge in [-0.15, -0.1) is 13.2 Å². The Morgan fingerprint density at radius 3 is 2.63 bits per heavy atom. The number of halogens is 3. The molecule has 2 N–H and O–H groups in total. The Hall–Kier alpha value is -1.27. The summed E-state index contributed by atoms with van der Waals surface area (Å²) in [5, 5.41) is 0. The molecule has 1 aromatic rings. The second-order valence-corrected chi connectivity index (χ2v) is 4.67. The van der Waals surface area contributed by atoms with Crippen LogP contribution in [0.25, 0.3) is 0 Å². The zero-order valence-electron chi connectivity index (χ0n) is 10.4. The Morgan fingerprint density at radius 1 is 1.16 bits per heavy atom. The van der Waals surface area contributed by atoms with Crippen LogP contribution in [0.4, 0.5) is 13.2 Å². The minimum Gasteiger partial charge on any atom is -0.405 e. The number of ether oxygens (including phenoxy) is 2. The van der Waals surface area contributed by atoms with E-state index in [1.54, 1.807) is 12.1 Å². The molecule has 0 aromatic heterocycles. The number of benzene rings is 1. The molecular formula is C13H16F3NO2. The number of rotatable bonds is 2. The van der Waals surface area contributed by atoms with E-state index >= 15 is 0 Å². The summed E-state index contributed by atoms with van der Waals surface area (Å²) in [6.07, 6.45) is -2.94. The molecule has 6 heteroatoms. The van der Waals surface area contributed by atoms with Crippen LogP contribution in [-0.2, 0) is 10.3 Å². The third kappa shape index (κ3) is 3.61. The molecule has 0 bridgehead atoms. The van der Waals surface area contributed by atoms with E-state index in [9.17, 15) is 13.2 Å². The van der Waals surface area contributed by atoms with Crippen LogP contribution in [0.2, 0.25) is 0 Å². The first-order valence-electron chi connectivity index (χ1n) is 6.13. The van der Waals surface area contributed by atoms with Gasteiger partial charge in [-0.3, -0.25) is 0 Å². The van der Waals surface area contributed by atoms with Gasteiger partial charge in [-0.25, -0.2) is 0 Å². The van der Waals surface area contributed by atoms with Crippen LogP contribution in [0.15, 0.2) is 24.3 Å². The van der Waals surface area contributed by atoms with Gasteiger partial charge in [0.2, 0.25) is 0 Å². The highest BCUT2D eigenvalue weighted by molar-refractivity contribution is 5.39. The second-order valence-electron chi connectivity index (χ2n) is 4.67. The molecule has 1 heterocycles. The topological polar surface area (TPSA) is 44.5 Å². The van der Waals surface area contributed by atoms with Crippen LogP contribution < -0.4 is 10.5 Å². The maximum absolute atomic E-state index is 12.4. The molecule has 1 aliphatic rings. The minimum absolute atomic E-state index is 0.223. The summed E-state index contributed by atoms with van der Waals surface area (Å²) in [7, 11) is 0. The van der Waals surface area contributed by atoms with Gasteiger partial charge in [-0.1, -0.05) is 18.2 Å². The number of para-hydroxylation sites is 1. The average Bonchev–Trinajstić information content (AvgIpc) is 2.53. The van der Waals surface area contributed by atoms with E-state index in [0.29, 0.717) is 31.6 Å². The van der Waals surface area contributed by atoms with E-state index in [4.69, 9.17) is 10.5 Å². The minimum atomic E-state index is -4.71. The van der Waals surface area contributed by atoms with Gasteiger partial charge in [-0.2, -0.15) is 0 Å². The van der Waals surface area contributed by atoms with Crippen molar-refractivity contribution in [3.63, 3.8) is 0 Å². The van der Waals surface area contributed by atoms with Crippen molar-refractivity contribution < 1.29 is 22.6 Å². The molecule has 0 amide bonds. The summed E-state index contributed by atoms with van der Waals surface area (Å²) < 4.78 is 46.6. The van der Waals surface area contributed by atoms with Crippen LogP contribution in [0.3, 0.4) is 0 Å². The molecule has 1 aliphatic heterocycles. The summed E-state index contributed by atoms with van der Waals surface area (Å²) in [5.74, 6) is -0.223. The van der Waals surface area contributed by atoms with Gasteiger partial charge in [-0.05, 0) is 25.3 Å². The van der Waals surface area contributed by atoms with Crippen molar-refractivity contribution in [2.75, 3.05) is 13.2 Å². The maximum Gasteiger partial charge on any atom is 0.573 e. The summed E-state index contributed by atoms with van der Waals surface area (Å²) in [6, 6.07) is 6.05. The van der Waals surface area contributed by atoms with Crippen LogP contribution >= 0.6 is 0 Å². The Bertz CT molecular complexity index is 426. The highest BCUT2D eigenvalue weighted by Crippen LogP contribution is 2.37. The largest absolute Gasteiger partial charge is 0.573 e. The first-order chi connectivity index (χ1) is 8.91. The van der Waals surface area contributed by atoms with Gasteiger partial charge in [0, 0.05) is 24.3 Å². The lowest BCUT2D eigenvalue weighted by atomic mass is 9.83. The lowest BCUT2D eigenvalue weighted by Crippen LogP contribution is -2.37. The van der Waals surface area contributed by atoms with Gasteiger partial charge in [0.05, 0.1) is 0 Å². The molecule has 1 saturated heterocycles. The van der Waals surface area contributed by atoms with E-state index in [2.05, 4.69) is 4.74 Å². The van der Waals surface area contributed by atoms with E-state index in [0.717, 1.165) is 6.42 Å². The van der Waals surface area contributed by atoms with E-state index < -0.39 is 11.9 Å². The second kappa shape index (κ2) is 5.38. The fraction of sp³-hybridized carbons (Fsp3) is 0.538. The summed E-state index contributed by atoms with van der Waals surface area (Å²) in [6.45, 7) is 1.03. The number of alkyl halides is 3. The van der Waals surface area contributed by atoms with Gasteiger partial charge in [0.25, 0.3) is 0 Å². The lowest BCUT2D eigenvalue weighted by Gasteiger charge is -2.30. The zero-order valence-corrected chi connectivity index (χ0v) is 10.4. The van der Waals surface area contributed by atoms with Gasteiger partial charge >= 0.3 is 6.36 Å². The summed E-state index contributed by atoms with van der Waals surface area (Å²) in [5.41, 5.74) is 5.82. The first-order valence-corrected chi connectivity index (χ1v) is 6.13. The molecule has 1 fully saturated rings. The average molecular weight is 275 g/mol. The van der Waals surface area contributed by atoms with Crippen molar-refractivity contribution in [2.45, 2.75) is 31.2 Å². The number of hydrogen-bond acceptors (Lipinski definition) is 3. The van der Waals surface area contributed by atoms with E-state index in [-0.39, 0.29) is 5.75 Å². The van der Waals surface area contributed by atoms with Crippen molar-refractivity contribution in [3.8, 4) is 5.75 Å². The van der Waals surface area contributed by atoms with Crippen molar-refractivity contribution in [1.82, 2.24) is 0 Å². The Labute approximate surface area is 109 Å². The third-order valence-electron chi connectivity index (χ3n) is 3.25. The zero-order chi connectivity index (χ0) is 13.9. The molecule has 1 atom stereocenters. The normalized spacial score (nSPS) is 24.8. The van der Waals surface area contributed by atoms with Crippen molar-refractivity contribution >= 4 is 0 Å². The summed E-state index contributed by atoms with van der Waals surface area (Å²) in [4.78, 5) is 0. The Balaban J connectivity index is 2.32. The van der Waals surface area contributed by atoms with Crippen molar-refractivity contribution in [1.29, 1.82) is 0 Å². The quantitative estimate of drug-likeness (QED) is 0.902. The Kier molecular flexibility index (Phi) is 4.01. The molecule has 1 unspecified atom stereocenters. The highest BCUT2D eigenvalue weighted by atomic mass is 19.4. The smallest absolute Gasteiger partial charge is 0.405 e.